The SMILES string of the molecule is C=C(NNC(=S)Nc1ccc(OCC)cc1)c1ccc(C(C)(C)C)cc1. The molecule has 0 atom stereocenters. The average molecular weight is 370 g/mol. The highest BCUT2D eigenvalue weighted by atomic mass is 32.1. The van der Waals surface area contributed by atoms with E-state index in [1.807, 2.05) is 31.2 Å². The second kappa shape index (κ2) is 8.72. The molecule has 0 bridgehead atoms. The van der Waals surface area contributed by atoms with Gasteiger partial charge in [-0.2, -0.15) is 0 Å². The van der Waals surface area contributed by atoms with Gasteiger partial charge >= 0.3 is 0 Å². The number of thiocarbonyl (C=S) groups is 1. The first-order chi connectivity index (χ1) is 12.3. The highest BCUT2D eigenvalue weighted by Crippen LogP contribution is 2.23. The normalized spacial score (nSPS) is 10.8. The van der Waals surface area contributed by atoms with E-state index in [0.29, 0.717) is 11.7 Å². The summed E-state index contributed by atoms with van der Waals surface area (Å²) in [6.45, 7) is 13.2. The summed E-state index contributed by atoms with van der Waals surface area (Å²) in [7, 11) is 0. The maximum Gasteiger partial charge on any atom is 0.189 e. The number of hydrazine groups is 1. The molecule has 0 spiro atoms. The molecule has 0 aliphatic carbocycles. The summed E-state index contributed by atoms with van der Waals surface area (Å²) >= 11 is 5.30. The minimum absolute atomic E-state index is 0.134. The van der Waals surface area contributed by atoms with Crippen LogP contribution in [-0.2, 0) is 5.41 Å². The molecule has 3 N–H and O–H groups in total. The summed E-state index contributed by atoms with van der Waals surface area (Å²) in [6.07, 6.45) is 0. The number of anilines is 1. The standard InChI is InChI=1S/C21H27N3OS/c1-6-25-19-13-11-18(12-14-19)22-20(26)24-23-15(2)16-7-9-17(10-8-16)21(3,4)5/h7-14,23H,2,6H2,1,3-5H3,(H2,22,24,26). The summed E-state index contributed by atoms with van der Waals surface area (Å²) in [4.78, 5) is 0. The quantitative estimate of drug-likeness (QED) is 0.502. The summed E-state index contributed by atoms with van der Waals surface area (Å²) in [5.74, 6) is 0.835. The van der Waals surface area contributed by atoms with E-state index in [1.165, 1.54) is 5.56 Å². The van der Waals surface area contributed by atoms with Crippen molar-refractivity contribution in [3.8, 4) is 5.75 Å². The first-order valence-corrected chi connectivity index (χ1v) is 9.06. The van der Waals surface area contributed by atoms with Crippen LogP contribution in [0.1, 0.15) is 38.8 Å². The zero-order valence-electron chi connectivity index (χ0n) is 15.8. The molecule has 2 aromatic carbocycles. The van der Waals surface area contributed by atoms with Crippen LogP contribution in [0.3, 0.4) is 0 Å². The van der Waals surface area contributed by atoms with Crippen LogP contribution in [-0.4, -0.2) is 11.7 Å². The van der Waals surface area contributed by atoms with E-state index in [9.17, 15) is 0 Å². The number of hydrogen-bond acceptors (Lipinski definition) is 3. The Balaban J connectivity index is 1.85. The van der Waals surface area contributed by atoms with Crippen molar-refractivity contribution < 1.29 is 4.74 Å². The van der Waals surface area contributed by atoms with E-state index in [2.05, 4.69) is 67.8 Å². The van der Waals surface area contributed by atoms with E-state index in [1.54, 1.807) is 0 Å². The summed E-state index contributed by atoms with van der Waals surface area (Å²) in [5.41, 5.74) is 10.1. The van der Waals surface area contributed by atoms with E-state index in [-0.39, 0.29) is 5.41 Å². The molecule has 0 fully saturated rings. The van der Waals surface area contributed by atoms with Gasteiger partial charge in [0.25, 0.3) is 0 Å². The highest BCUT2D eigenvalue weighted by molar-refractivity contribution is 7.80. The fourth-order valence-corrected chi connectivity index (χ4v) is 2.51. The Labute approximate surface area is 161 Å². The Bertz CT molecular complexity index is 746. The molecular weight excluding hydrogens is 342 g/mol. The second-order valence-corrected chi connectivity index (χ2v) is 7.38. The lowest BCUT2D eigenvalue weighted by Gasteiger charge is -2.20. The lowest BCUT2D eigenvalue weighted by Crippen LogP contribution is -2.38. The van der Waals surface area contributed by atoms with E-state index >= 15 is 0 Å². The first kappa shape index (κ1) is 19.8. The molecule has 0 heterocycles. The van der Waals surface area contributed by atoms with E-state index in [0.717, 1.165) is 22.7 Å². The summed E-state index contributed by atoms with van der Waals surface area (Å²) < 4.78 is 5.42. The van der Waals surface area contributed by atoms with Crippen LogP contribution < -0.4 is 20.9 Å². The maximum atomic E-state index is 5.42. The molecule has 0 aliphatic heterocycles. The van der Waals surface area contributed by atoms with Crippen LogP contribution in [0, 0.1) is 0 Å². The molecule has 0 saturated carbocycles. The second-order valence-electron chi connectivity index (χ2n) is 6.97. The summed E-state index contributed by atoms with van der Waals surface area (Å²) in [6, 6.07) is 16.0. The monoisotopic (exact) mass is 369 g/mol. The van der Waals surface area contributed by atoms with Crippen LogP contribution in [0.2, 0.25) is 0 Å². The predicted molar refractivity (Wildman–Crippen MR) is 114 cm³/mol. The molecule has 5 heteroatoms. The van der Waals surface area contributed by atoms with Crippen molar-refractivity contribution in [3.63, 3.8) is 0 Å². The number of ether oxygens (including phenoxy) is 1. The zero-order chi connectivity index (χ0) is 19.2. The van der Waals surface area contributed by atoms with Crippen molar-refractivity contribution >= 4 is 28.7 Å². The van der Waals surface area contributed by atoms with Crippen molar-refractivity contribution in [2.45, 2.75) is 33.1 Å². The number of nitrogens with one attached hydrogen (secondary N) is 3. The predicted octanol–water partition coefficient (Wildman–Crippen LogP) is 4.84. The van der Waals surface area contributed by atoms with Gasteiger partial charge in [0.1, 0.15) is 5.75 Å². The van der Waals surface area contributed by atoms with Gasteiger partial charge in [-0.3, -0.25) is 10.9 Å². The molecule has 0 aromatic heterocycles. The van der Waals surface area contributed by atoms with Crippen LogP contribution >= 0.6 is 12.2 Å². The third kappa shape index (κ3) is 5.77. The van der Waals surface area contributed by atoms with Gasteiger partial charge in [0.05, 0.1) is 12.3 Å². The van der Waals surface area contributed by atoms with Gasteiger partial charge < -0.3 is 10.1 Å². The molecule has 0 amide bonds. The molecule has 138 valence electrons. The minimum atomic E-state index is 0.134. The molecule has 26 heavy (non-hydrogen) atoms. The fraction of sp³-hybridized carbons (Fsp3) is 0.286. The van der Waals surface area contributed by atoms with Gasteiger partial charge in [0.15, 0.2) is 5.11 Å². The fourth-order valence-electron chi connectivity index (χ4n) is 2.34. The van der Waals surface area contributed by atoms with Gasteiger partial charge in [-0.25, -0.2) is 0 Å². The molecular formula is C21H27N3OS. The Morgan fingerprint density at radius 2 is 1.62 bits per heavy atom. The van der Waals surface area contributed by atoms with Gasteiger partial charge in [-0.15, -0.1) is 0 Å². The van der Waals surface area contributed by atoms with Crippen LogP contribution in [0.25, 0.3) is 5.70 Å². The number of hydrogen-bond donors (Lipinski definition) is 3. The van der Waals surface area contributed by atoms with Crippen molar-refractivity contribution in [1.29, 1.82) is 0 Å². The molecule has 0 radical (unpaired) electrons. The molecule has 0 saturated heterocycles. The largest absolute Gasteiger partial charge is 0.494 e. The Morgan fingerprint density at radius 1 is 1.00 bits per heavy atom. The van der Waals surface area contributed by atoms with Gasteiger partial charge in [-0.1, -0.05) is 51.6 Å². The smallest absolute Gasteiger partial charge is 0.189 e. The lowest BCUT2D eigenvalue weighted by molar-refractivity contribution is 0.340. The van der Waals surface area contributed by atoms with Gasteiger partial charge in [-0.05, 0) is 59.9 Å². The zero-order valence-corrected chi connectivity index (χ0v) is 16.7. The van der Waals surface area contributed by atoms with Crippen LogP contribution in [0.5, 0.6) is 5.75 Å². The average Bonchev–Trinajstić information content (AvgIpc) is 2.61. The molecule has 2 aromatic rings. The maximum absolute atomic E-state index is 5.42. The highest BCUT2D eigenvalue weighted by Gasteiger charge is 2.13. The van der Waals surface area contributed by atoms with Crippen molar-refractivity contribution in [2.75, 3.05) is 11.9 Å². The lowest BCUT2D eigenvalue weighted by atomic mass is 9.86. The Morgan fingerprint density at radius 3 is 2.15 bits per heavy atom. The van der Waals surface area contributed by atoms with Crippen LogP contribution in [0.15, 0.2) is 55.1 Å². The van der Waals surface area contributed by atoms with E-state index < -0.39 is 0 Å². The van der Waals surface area contributed by atoms with Crippen molar-refractivity contribution in [3.05, 3.63) is 66.2 Å². The van der Waals surface area contributed by atoms with Crippen LogP contribution in [0.4, 0.5) is 5.69 Å². The number of rotatable bonds is 6. The Hall–Kier alpha value is -2.53. The van der Waals surface area contributed by atoms with Crippen molar-refractivity contribution in [2.24, 2.45) is 0 Å². The molecule has 0 aliphatic rings. The van der Waals surface area contributed by atoms with Crippen molar-refractivity contribution in [1.82, 2.24) is 10.9 Å². The van der Waals surface area contributed by atoms with Gasteiger partial charge in [0, 0.05) is 5.69 Å². The topological polar surface area (TPSA) is 45.3 Å². The molecule has 0 unspecified atom stereocenters. The molecule has 2 rings (SSSR count). The third-order valence-corrected chi connectivity index (χ3v) is 4.05. The molecule has 4 nitrogen and oxygen atoms in total. The van der Waals surface area contributed by atoms with E-state index in [4.69, 9.17) is 17.0 Å². The van der Waals surface area contributed by atoms with Gasteiger partial charge in [0.2, 0.25) is 0 Å². The first-order valence-electron chi connectivity index (χ1n) is 8.65. The summed E-state index contributed by atoms with van der Waals surface area (Å²) in [5, 5.41) is 3.57. The number of benzene rings is 2. The minimum Gasteiger partial charge on any atom is -0.494 e. The third-order valence-electron chi connectivity index (χ3n) is 3.85. The Kier molecular flexibility index (Phi) is 6.64.